The third-order valence-electron chi connectivity index (χ3n) is 6.43. The second kappa shape index (κ2) is 8.59. The van der Waals surface area contributed by atoms with Crippen molar-refractivity contribution in [3.05, 3.63) is 0 Å². The van der Waals surface area contributed by atoms with E-state index in [0.29, 0.717) is 25.6 Å². The van der Waals surface area contributed by atoms with Crippen LogP contribution in [0, 0.1) is 11.3 Å². The predicted octanol–water partition coefficient (Wildman–Crippen LogP) is 2.63. The Morgan fingerprint density at radius 3 is 2.46 bits per heavy atom. The molecule has 2 heterocycles. The summed E-state index contributed by atoms with van der Waals surface area (Å²) >= 11 is 0. The van der Waals surface area contributed by atoms with E-state index in [1.807, 2.05) is 23.6 Å². The third kappa shape index (κ3) is 4.51. The Kier molecular flexibility index (Phi) is 6.43. The number of hydrogen-bond acceptors (Lipinski definition) is 3. The lowest BCUT2D eigenvalue weighted by Gasteiger charge is -2.38. The van der Waals surface area contributed by atoms with E-state index in [-0.39, 0.29) is 23.4 Å². The molecular formula is C20H35N3O3. The Morgan fingerprint density at radius 2 is 1.81 bits per heavy atom. The van der Waals surface area contributed by atoms with Crippen LogP contribution in [-0.2, 0) is 9.53 Å². The molecule has 0 radical (unpaired) electrons. The van der Waals surface area contributed by atoms with Crippen LogP contribution in [0.25, 0.3) is 0 Å². The molecule has 3 rings (SSSR count). The van der Waals surface area contributed by atoms with Gasteiger partial charge in [0.1, 0.15) is 0 Å². The topological polar surface area (TPSA) is 61.9 Å². The summed E-state index contributed by atoms with van der Waals surface area (Å²) < 4.78 is 5.34. The number of morpholine rings is 1. The van der Waals surface area contributed by atoms with E-state index in [9.17, 15) is 9.59 Å². The first kappa shape index (κ1) is 19.5. The molecule has 1 spiro atoms. The van der Waals surface area contributed by atoms with Crippen molar-refractivity contribution < 1.29 is 14.3 Å². The van der Waals surface area contributed by atoms with Crippen LogP contribution in [0.2, 0.25) is 0 Å². The quantitative estimate of drug-likeness (QED) is 0.833. The third-order valence-corrected chi connectivity index (χ3v) is 6.43. The van der Waals surface area contributed by atoms with Gasteiger partial charge in [0.05, 0.1) is 13.2 Å². The van der Waals surface area contributed by atoms with E-state index < -0.39 is 0 Å². The fourth-order valence-electron chi connectivity index (χ4n) is 5.01. The maximum atomic E-state index is 12.6. The molecular weight excluding hydrogens is 330 g/mol. The molecule has 6 nitrogen and oxygen atoms in total. The van der Waals surface area contributed by atoms with E-state index in [4.69, 9.17) is 4.74 Å². The number of amides is 3. The number of nitrogens with zero attached hydrogens (tertiary/aromatic N) is 2. The summed E-state index contributed by atoms with van der Waals surface area (Å²) in [7, 11) is 0. The molecule has 1 unspecified atom stereocenters. The number of carbonyl (C=O) groups is 2. The number of ether oxygens (including phenoxy) is 1. The Labute approximate surface area is 157 Å². The Balaban J connectivity index is 1.60. The molecule has 148 valence electrons. The highest BCUT2D eigenvalue weighted by molar-refractivity contribution is 5.76. The van der Waals surface area contributed by atoms with Gasteiger partial charge in [0, 0.05) is 38.6 Å². The van der Waals surface area contributed by atoms with Gasteiger partial charge in [-0.25, -0.2) is 4.79 Å². The van der Waals surface area contributed by atoms with E-state index in [2.05, 4.69) is 5.32 Å². The molecule has 1 aliphatic carbocycles. The van der Waals surface area contributed by atoms with E-state index >= 15 is 0 Å². The standard InChI is InChI=1S/C20H35N3O3/c1-16(2)21-19(25)23-14-17(20(15-23)8-4-3-5-9-20)6-7-18(24)22-10-12-26-13-11-22/h16-17H,3-15H2,1-2H3,(H,21,25). The number of nitrogens with one attached hydrogen (secondary N) is 1. The second-order valence-corrected chi connectivity index (χ2v) is 8.64. The van der Waals surface area contributed by atoms with Crippen molar-refractivity contribution in [1.82, 2.24) is 15.1 Å². The summed E-state index contributed by atoms with van der Waals surface area (Å²) in [5.74, 6) is 0.704. The Bertz CT molecular complexity index is 497. The van der Waals surface area contributed by atoms with Gasteiger partial charge < -0.3 is 19.9 Å². The van der Waals surface area contributed by atoms with Gasteiger partial charge in [-0.1, -0.05) is 19.3 Å². The molecule has 2 saturated heterocycles. The molecule has 0 aromatic rings. The number of urea groups is 1. The summed E-state index contributed by atoms with van der Waals surface area (Å²) in [5, 5.41) is 3.04. The van der Waals surface area contributed by atoms with Gasteiger partial charge in [-0.2, -0.15) is 0 Å². The predicted molar refractivity (Wildman–Crippen MR) is 101 cm³/mol. The molecule has 6 heteroatoms. The van der Waals surface area contributed by atoms with Crippen LogP contribution in [0.1, 0.15) is 58.8 Å². The fraction of sp³-hybridized carbons (Fsp3) is 0.900. The zero-order valence-corrected chi connectivity index (χ0v) is 16.5. The van der Waals surface area contributed by atoms with Gasteiger partial charge in [-0.3, -0.25) is 4.79 Å². The van der Waals surface area contributed by atoms with Crippen molar-refractivity contribution in [1.29, 1.82) is 0 Å². The van der Waals surface area contributed by atoms with Crippen LogP contribution in [0.15, 0.2) is 0 Å². The zero-order valence-electron chi connectivity index (χ0n) is 16.5. The molecule has 0 aromatic carbocycles. The minimum atomic E-state index is 0.0620. The summed E-state index contributed by atoms with van der Waals surface area (Å²) in [5.41, 5.74) is 0.234. The molecule has 1 N–H and O–H groups in total. The molecule has 1 saturated carbocycles. The second-order valence-electron chi connectivity index (χ2n) is 8.64. The lowest BCUT2D eigenvalue weighted by Crippen LogP contribution is -2.42. The van der Waals surface area contributed by atoms with Gasteiger partial charge >= 0.3 is 6.03 Å². The highest BCUT2D eigenvalue weighted by Crippen LogP contribution is 2.49. The molecule has 3 aliphatic rings. The van der Waals surface area contributed by atoms with Crippen LogP contribution in [0.3, 0.4) is 0 Å². The van der Waals surface area contributed by atoms with Crippen molar-refractivity contribution in [3.8, 4) is 0 Å². The number of hydrogen-bond donors (Lipinski definition) is 1. The van der Waals surface area contributed by atoms with E-state index in [1.165, 1.54) is 32.1 Å². The SMILES string of the molecule is CC(C)NC(=O)N1CC(CCC(=O)N2CCOCC2)C2(CCCCC2)C1. The molecule has 0 aromatic heterocycles. The maximum Gasteiger partial charge on any atom is 0.317 e. The Morgan fingerprint density at radius 1 is 1.12 bits per heavy atom. The maximum absolute atomic E-state index is 12.6. The van der Waals surface area contributed by atoms with Crippen molar-refractivity contribution in [2.24, 2.45) is 11.3 Å². The fourth-order valence-corrected chi connectivity index (χ4v) is 5.01. The average molecular weight is 366 g/mol. The van der Waals surface area contributed by atoms with Gasteiger partial charge in [0.2, 0.25) is 5.91 Å². The van der Waals surface area contributed by atoms with Crippen LogP contribution in [0.5, 0.6) is 0 Å². The lowest BCUT2D eigenvalue weighted by atomic mass is 9.66. The van der Waals surface area contributed by atoms with Gasteiger partial charge in [0.15, 0.2) is 0 Å². The van der Waals surface area contributed by atoms with Crippen molar-refractivity contribution >= 4 is 11.9 Å². The highest BCUT2D eigenvalue weighted by Gasteiger charge is 2.48. The largest absolute Gasteiger partial charge is 0.378 e. The first-order chi connectivity index (χ1) is 12.5. The summed E-state index contributed by atoms with van der Waals surface area (Å²) in [4.78, 5) is 29.1. The normalized spacial score (nSPS) is 25.7. The van der Waals surface area contributed by atoms with Gasteiger partial charge in [-0.15, -0.1) is 0 Å². The number of likely N-dealkylation sites (tertiary alicyclic amines) is 1. The monoisotopic (exact) mass is 365 g/mol. The minimum Gasteiger partial charge on any atom is -0.378 e. The lowest BCUT2D eigenvalue weighted by molar-refractivity contribution is -0.135. The molecule has 1 atom stereocenters. The molecule has 3 fully saturated rings. The average Bonchev–Trinajstić information content (AvgIpc) is 2.98. The minimum absolute atomic E-state index is 0.0620. The summed E-state index contributed by atoms with van der Waals surface area (Å²) in [6.45, 7) is 8.42. The zero-order chi connectivity index (χ0) is 18.6. The van der Waals surface area contributed by atoms with Gasteiger partial charge in [0.25, 0.3) is 0 Å². The smallest absolute Gasteiger partial charge is 0.317 e. The Hall–Kier alpha value is -1.30. The number of rotatable bonds is 4. The van der Waals surface area contributed by atoms with Crippen molar-refractivity contribution in [2.45, 2.75) is 64.8 Å². The molecule has 2 aliphatic heterocycles. The first-order valence-corrected chi connectivity index (χ1v) is 10.4. The van der Waals surface area contributed by atoms with Crippen LogP contribution in [-0.4, -0.2) is 67.2 Å². The molecule has 0 bridgehead atoms. The van der Waals surface area contributed by atoms with Crippen molar-refractivity contribution in [3.63, 3.8) is 0 Å². The number of carbonyl (C=O) groups excluding carboxylic acids is 2. The summed E-state index contributed by atoms with van der Waals surface area (Å²) in [6.07, 6.45) is 7.73. The van der Waals surface area contributed by atoms with Crippen molar-refractivity contribution in [2.75, 3.05) is 39.4 Å². The van der Waals surface area contributed by atoms with E-state index in [1.54, 1.807) is 0 Å². The van der Waals surface area contributed by atoms with Crippen LogP contribution < -0.4 is 5.32 Å². The summed E-state index contributed by atoms with van der Waals surface area (Å²) in [6, 6.07) is 0.221. The molecule has 26 heavy (non-hydrogen) atoms. The van der Waals surface area contributed by atoms with E-state index in [0.717, 1.165) is 32.6 Å². The van der Waals surface area contributed by atoms with Crippen LogP contribution >= 0.6 is 0 Å². The first-order valence-electron chi connectivity index (χ1n) is 10.4. The van der Waals surface area contributed by atoms with Gasteiger partial charge in [-0.05, 0) is 44.4 Å². The highest BCUT2D eigenvalue weighted by atomic mass is 16.5. The van der Waals surface area contributed by atoms with Crippen LogP contribution in [0.4, 0.5) is 4.79 Å². The molecule has 3 amide bonds.